The molecule has 0 atom stereocenters. The van der Waals surface area contributed by atoms with Gasteiger partial charge in [-0.1, -0.05) is 26.0 Å². The molecule has 0 saturated heterocycles. The van der Waals surface area contributed by atoms with E-state index in [1.54, 1.807) is 6.92 Å². The Balaban J connectivity index is 2.80. The lowest BCUT2D eigenvalue weighted by Crippen LogP contribution is -2.30. The van der Waals surface area contributed by atoms with Crippen molar-refractivity contribution in [3.63, 3.8) is 0 Å². The molecule has 0 bridgehead atoms. The molecule has 0 radical (unpaired) electrons. The van der Waals surface area contributed by atoms with Gasteiger partial charge in [-0.25, -0.2) is 0 Å². The van der Waals surface area contributed by atoms with E-state index < -0.39 is 5.60 Å². The van der Waals surface area contributed by atoms with Crippen LogP contribution in [-0.2, 0) is 4.79 Å². The molecule has 0 fully saturated rings. The van der Waals surface area contributed by atoms with Gasteiger partial charge in [-0.3, -0.25) is 4.79 Å². The fourth-order valence-electron chi connectivity index (χ4n) is 1.89. The first-order valence-electron chi connectivity index (χ1n) is 6.08. The van der Waals surface area contributed by atoms with E-state index in [1.807, 2.05) is 32.0 Å². The molecule has 17 heavy (non-hydrogen) atoms. The number of ether oxygens (including phenoxy) is 1. The molecule has 0 amide bonds. The van der Waals surface area contributed by atoms with E-state index in [1.165, 1.54) is 5.56 Å². The minimum absolute atomic E-state index is 0.148. The van der Waals surface area contributed by atoms with Crippen LogP contribution in [0.1, 0.15) is 52.5 Å². The van der Waals surface area contributed by atoms with E-state index in [-0.39, 0.29) is 5.78 Å². The molecule has 2 heteroatoms. The van der Waals surface area contributed by atoms with Crippen LogP contribution in [0.25, 0.3) is 0 Å². The van der Waals surface area contributed by atoms with Crippen molar-refractivity contribution in [2.24, 2.45) is 0 Å². The van der Waals surface area contributed by atoms with E-state index in [2.05, 4.69) is 19.9 Å². The van der Waals surface area contributed by atoms with Crippen molar-refractivity contribution in [1.82, 2.24) is 0 Å². The van der Waals surface area contributed by atoms with Gasteiger partial charge in [0.25, 0.3) is 0 Å². The van der Waals surface area contributed by atoms with Gasteiger partial charge in [0.1, 0.15) is 17.1 Å². The monoisotopic (exact) mass is 234 g/mol. The van der Waals surface area contributed by atoms with Gasteiger partial charge < -0.3 is 4.74 Å². The summed E-state index contributed by atoms with van der Waals surface area (Å²) in [5.41, 5.74) is 0.808. The quantitative estimate of drug-likeness (QED) is 0.771. The van der Waals surface area contributed by atoms with Gasteiger partial charge in [0.15, 0.2) is 0 Å². The summed E-state index contributed by atoms with van der Waals surface area (Å²) in [5.74, 6) is 1.46. The maximum atomic E-state index is 11.1. The average molecular weight is 234 g/mol. The first-order valence-corrected chi connectivity index (χ1v) is 6.08. The van der Waals surface area contributed by atoms with Crippen LogP contribution in [0.4, 0.5) is 0 Å². The summed E-state index contributed by atoms with van der Waals surface area (Å²) in [4.78, 5) is 11.1. The molecule has 0 aliphatic carbocycles. The summed E-state index contributed by atoms with van der Waals surface area (Å²) in [6.07, 6.45) is 0.429. The molecular formula is C15H22O2. The predicted molar refractivity (Wildman–Crippen MR) is 70.5 cm³/mol. The fourth-order valence-corrected chi connectivity index (χ4v) is 1.89. The third kappa shape index (κ3) is 4.59. The molecule has 0 aliphatic heterocycles. The predicted octanol–water partition coefficient (Wildman–Crippen LogP) is 3.95. The Morgan fingerprint density at radius 2 is 2.00 bits per heavy atom. The second kappa shape index (κ2) is 5.35. The standard InChI is InChI=1S/C15H22O2/c1-11(2)13-7-6-8-14(9-13)17-15(4,5)10-12(3)16/h6-9,11H,10H2,1-5H3. The van der Waals surface area contributed by atoms with Crippen LogP contribution in [0.5, 0.6) is 5.75 Å². The number of Topliss-reactive ketones (excluding diaryl/α,β-unsaturated/α-hetero) is 1. The van der Waals surface area contributed by atoms with Crippen LogP contribution in [0.3, 0.4) is 0 Å². The summed E-state index contributed by atoms with van der Waals surface area (Å²) in [5, 5.41) is 0. The number of carbonyl (C=O) groups is 1. The molecule has 0 unspecified atom stereocenters. The minimum Gasteiger partial charge on any atom is -0.487 e. The van der Waals surface area contributed by atoms with Gasteiger partial charge in [0.2, 0.25) is 0 Å². The van der Waals surface area contributed by atoms with E-state index in [9.17, 15) is 4.79 Å². The first kappa shape index (κ1) is 13.8. The number of carbonyl (C=O) groups excluding carboxylic acids is 1. The lowest BCUT2D eigenvalue weighted by atomic mass is 10.0. The molecule has 1 rings (SSSR count). The van der Waals surface area contributed by atoms with Crippen LogP contribution in [0.15, 0.2) is 24.3 Å². The maximum Gasteiger partial charge on any atom is 0.133 e. The SMILES string of the molecule is CC(=O)CC(C)(C)Oc1cccc(C(C)C)c1. The molecule has 0 aromatic heterocycles. The molecule has 1 aromatic rings. The van der Waals surface area contributed by atoms with Gasteiger partial charge in [-0.15, -0.1) is 0 Å². The highest BCUT2D eigenvalue weighted by Gasteiger charge is 2.22. The van der Waals surface area contributed by atoms with E-state index >= 15 is 0 Å². The van der Waals surface area contributed by atoms with Gasteiger partial charge in [-0.2, -0.15) is 0 Å². The van der Waals surface area contributed by atoms with E-state index in [0.29, 0.717) is 12.3 Å². The zero-order chi connectivity index (χ0) is 13.1. The smallest absolute Gasteiger partial charge is 0.133 e. The van der Waals surface area contributed by atoms with Crippen molar-refractivity contribution in [2.75, 3.05) is 0 Å². The van der Waals surface area contributed by atoms with Crippen LogP contribution in [0, 0.1) is 0 Å². The largest absolute Gasteiger partial charge is 0.487 e. The number of benzene rings is 1. The topological polar surface area (TPSA) is 26.3 Å². The fraction of sp³-hybridized carbons (Fsp3) is 0.533. The number of hydrogen-bond acceptors (Lipinski definition) is 2. The molecule has 0 saturated carbocycles. The molecule has 0 spiro atoms. The third-order valence-corrected chi connectivity index (χ3v) is 2.59. The number of ketones is 1. The zero-order valence-corrected chi connectivity index (χ0v) is 11.4. The Morgan fingerprint density at radius 1 is 1.35 bits per heavy atom. The molecule has 94 valence electrons. The van der Waals surface area contributed by atoms with Crippen molar-refractivity contribution in [2.45, 2.75) is 52.6 Å². The third-order valence-electron chi connectivity index (χ3n) is 2.59. The van der Waals surface area contributed by atoms with Crippen LogP contribution in [-0.4, -0.2) is 11.4 Å². The van der Waals surface area contributed by atoms with E-state index in [4.69, 9.17) is 4.74 Å². The second-order valence-electron chi connectivity index (χ2n) is 5.47. The normalized spacial score (nSPS) is 11.6. The number of rotatable bonds is 5. The van der Waals surface area contributed by atoms with Crippen molar-refractivity contribution in [3.05, 3.63) is 29.8 Å². The highest BCUT2D eigenvalue weighted by atomic mass is 16.5. The Morgan fingerprint density at radius 3 is 2.53 bits per heavy atom. The van der Waals surface area contributed by atoms with Gasteiger partial charge in [0.05, 0.1) is 0 Å². The molecular weight excluding hydrogens is 212 g/mol. The molecule has 2 nitrogen and oxygen atoms in total. The van der Waals surface area contributed by atoms with Gasteiger partial charge in [-0.05, 0) is 44.4 Å². The second-order valence-corrected chi connectivity index (χ2v) is 5.47. The summed E-state index contributed by atoms with van der Waals surface area (Å²) in [6.45, 7) is 9.78. The Hall–Kier alpha value is -1.31. The summed E-state index contributed by atoms with van der Waals surface area (Å²) in [7, 11) is 0. The van der Waals surface area contributed by atoms with Crippen molar-refractivity contribution < 1.29 is 9.53 Å². The minimum atomic E-state index is -0.443. The summed E-state index contributed by atoms with van der Waals surface area (Å²) in [6, 6.07) is 8.07. The van der Waals surface area contributed by atoms with Gasteiger partial charge in [0, 0.05) is 6.42 Å². The van der Waals surface area contributed by atoms with Crippen molar-refractivity contribution in [3.8, 4) is 5.75 Å². The van der Waals surface area contributed by atoms with Crippen LogP contribution >= 0.6 is 0 Å². The highest BCUT2D eigenvalue weighted by molar-refractivity contribution is 5.76. The summed E-state index contributed by atoms with van der Waals surface area (Å²) < 4.78 is 5.88. The average Bonchev–Trinajstić information content (AvgIpc) is 2.14. The molecule has 0 heterocycles. The van der Waals surface area contributed by atoms with E-state index in [0.717, 1.165) is 5.75 Å². The highest BCUT2D eigenvalue weighted by Crippen LogP contribution is 2.25. The Labute approximate surface area is 104 Å². The van der Waals surface area contributed by atoms with Crippen LogP contribution in [0.2, 0.25) is 0 Å². The first-order chi connectivity index (χ1) is 7.80. The Kier molecular flexibility index (Phi) is 4.33. The van der Waals surface area contributed by atoms with Crippen molar-refractivity contribution >= 4 is 5.78 Å². The lowest BCUT2D eigenvalue weighted by molar-refractivity contribution is -0.120. The molecule has 0 aliphatic rings. The molecule has 1 aromatic carbocycles. The number of hydrogen-bond donors (Lipinski definition) is 0. The van der Waals surface area contributed by atoms with Gasteiger partial charge >= 0.3 is 0 Å². The Bertz CT molecular complexity index is 392. The zero-order valence-electron chi connectivity index (χ0n) is 11.4. The lowest BCUT2D eigenvalue weighted by Gasteiger charge is -2.25. The summed E-state index contributed by atoms with van der Waals surface area (Å²) >= 11 is 0. The molecule has 0 N–H and O–H groups in total. The maximum absolute atomic E-state index is 11.1. The van der Waals surface area contributed by atoms with Crippen molar-refractivity contribution in [1.29, 1.82) is 0 Å². The van der Waals surface area contributed by atoms with Crippen LogP contribution < -0.4 is 4.74 Å².